The maximum absolute atomic E-state index is 15.5. The van der Waals surface area contributed by atoms with Gasteiger partial charge in [0.25, 0.3) is 5.91 Å². The summed E-state index contributed by atoms with van der Waals surface area (Å²) in [7, 11) is -1.21. The molecule has 1 saturated carbocycles. The van der Waals surface area contributed by atoms with Crippen LogP contribution in [0.4, 0.5) is 10.2 Å². The number of halogens is 1. The zero-order valence-corrected chi connectivity index (χ0v) is 27.4. The van der Waals surface area contributed by atoms with Crippen molar-refractivity contribution in [3.63, 3.8) is 0 Å². The number of hydrogen-bond acceptors (Lipinski definition) is 7. The predicted octanol–water partition coefficient (Wildman–Crippen LogP) is 6.21. The molecule has 4 rings (SSSR count). The second-order valence-electron chi connectivity index (χ2n) is 13.0. The largest absolute Gasteiger partial charge is 0.365 e. The number of amides is 2. The first-order valence-electron chi connectivity index (χ1n) is 15.2. The van der Waals surface area contributed by atoms with Gasteiger partial charge in [-0.15, -0.1) is 0 Å². The number of hydrogen-bond donors (Lipinski definition) is 2. The van der Waals surface area contributed by atoms with E-state index in [1.54, 1.807) is 16.8 Å². The van der Waals surface area contributed by atoms with Crippen LogP contribution in [0, 0.1) is 31.6 Å². The molecule has 3 aromatic rings. The van der Waals surface area contributed by atoms with Gasteiger partial charge in [0, 0.05) is 31.5 Å². The quantitative estimate of drug-likeness (QED) is 0.141. The normalized spacial score (nSPS) is 18.0. The maximum Gasteiger partial charge on any atom is 0.254 e. The first-order chi connectivity index (χ1) is 20.3. The van der Waals surface area contributed by atoms with Gasteiger partial charge in [0.05, 0.1) is 11.4 Å². The van der Waals surface area contributed by atoms with Crippen molar-refractivity contribution in [2.24, 2.45) is 17.6 Å². The monoisotopic (exact) mass is 612 g/mol. The van der Waals surface area contributed by atoms with Gasteiger partial charge in [0.15, 0.2) is 5.76 Å². The van der Waals surface area contributed by atoms with Crippen LogP contribution in [-0.4, -0.2) is 46.4 Å². The fourth-order valence-electron chi connectivity index (χ4n) is 5.86. The summed E-state index contributed by atoms with van der Waals surface area (Å²) in [5.41, 5.74) is 8.64. The summed E-state index contributed by atoms with van der Waals surface area (Å²) in [4.78, 5) is 30.3. The molecule has 0 aromatic carbocycles. The number of nitrogens with one attached hydrogen (secondary N) is 1. The average molecular weight is 613 g/mol. The van der Waals surface area contributed by atoms with Crippen LogP contribution in [0.25, 0.3) is 11.1 Å². The van der Waals surface area contributed by atoms with E-state index >= 15 is 4.39 Å². The molecule has 1 atom stereocenters. The third kappa shape index (κ3) is 7.59. The summed E-state index contributed by atoms with van der Waals surface area (Å²) >= 11 is 0. The number of rotatable bonds is 12. The lowest BCUT2D eigenvalue weighted by Crippen LogP contribution is -2.31. The molecular weight excluding hydrogens is 567 g/mol. The van der Waals surface area contributed by atoms with E-state index in [0.29, 0.717) is 35.9 Å². The Kier molecular flexibility index (Phi) is 10.2. The number of nitrogens with zero attached hydrogens (tertiary/aromatic N) is 4. The molecule has 3 heterocycles. The molecule has 43 heavy (non-hydrogen) atoms. The van der Waals surface area contributed by atoms with Crippen LogP contribution in [0.3, 0.4) is 0 Å². The third-order valence-corrected chi connectivity index (χ3v) is 10.1. The lowest BCUT2D eigenvalue weighted by molar-refractivity contribution is -0.119. The molecule has 0 spiro atoms. The summed E-state index contributed by atoms with van der Waals surface area (Å²) in [6.07, 6.45) is 3.90. The van der Waals surface area contributed by atoms with Crippen molar-refractivity contribution in [1.82, 2.24) is 19.9 Å². The van der Waals surface area contributed by atoms with Gasteiger partial charge in [0.2, 0.25) is 11.9 Å². The topological polar surface area (TPSA) is 138 Å². The number of carbonyl (C=O) groups is 2. The molecule has 0 saturated heterocycles. The van der Waals surface area contributed by atoms with E-state index in [2.05, 4.69) is 47.1 Å². The highest BCUT2D eigenvalue weighted by atomic mass is 28.3. The number of aryl methyl sites for hydroxylation is 2. The summed E-state index contributed by atoms with van der Waals surface area (Å²) < 4.78 is 28.7. The fraction of sp³-hybridized carbons (Fsp3) is 0.581. The molecule has 1 aliphatic rings. The van der Waals surface area contributed by atoms with Crippen molar-refractivity contribution in [2.75, 3.05) is 11.9 Å². The first-order valence-corrected chi connectivity index (χ1v) is 18.9. The standard InChI is InChI=1S/C31H45FN6O4Si/c1-8-23-27(30(33)39)28(42-37-23)26(21-11-9-18(2)10-12-21)31(40)35-24-14-13-22(29(32)34-24)25-19(3)36-38(20(25)4)17-41-15-16-43(5,6)7/h13-14,18,21,26H,8-12,15-17H2,1-7H3,(H2,33,39)(H,34,35,40). The van der Waals surface area contributed by atoms with E-state index in [0.717, 1.165) is 37.4 Å². The number of carbonyl (C=O) groups excluding carboxylic acids is 2. The number of aromatic nitrogens is 4. The third-order valence-electron chi connectivity index (χ3n) is 8.43. The van der Waals surface area contributed by atoms with Crippen molar-refractivity contribution in [1.29, 1.82) is 0 Å². The maximum atomic E-state index is 15.5. The van der Waals surface area contributed by atoms with Crippen LogP contribution in [0.2, 0.25) is 25.7 Å². The Balaban J connectivity index is 1.57. The van der Waals surface area contributed by atoms with E-state index in [-0.39, 0.29) is 35.4 Å². The van der Waals surface area contributed by atoms with Crippen molar-refractivity contribution < 1.29 is 23.2 Å². The molecule has 3 N–H and O–H groups in total. The minimum absolute atomic E-state index is 0.0636. The van der Waals surface area contributed by atoms with Crippen molar-refractivity contribution in [3.8, 4) is 11.1 Å². The molecule has 0 radical (unpaired) electrons. The Bertz CT molecular complexity index is 1460. The van der Waals surface area contributed by atoms with E-state index < -0.39 is 31.8 Å². The highest BCUT2D eigenvalue weighted by molar-refractivity contribution is 6.76. The van der Waals surface area contributed by atoms with Gasteiger partial charge in [-0.2, -0.15) is 9.49 Å². The van der Waals surface area contributed by atoms with Crippen molar-refractivity contribution in [3.05, 3.63) is 46.5 Å². The SMILES string of the molecule is CCc1noc(C(C(=O)Nc2ccc(-c3c(C)nn(COCC[Si](C)(C)C)c3C)c(F)n2)C2CCC(C)CC2)c1C(N)=O. The second-order valence-corrected chi connectivity index (χ2v) is 18.6. The minimum Gasteiger partial charge on any atom is -0.365 e. The fourth-order valence-corrected chi connectivity index (χ4v) is 6.61. The molecule has 3 aromatic heterocycles. The van der Waals surface area contributed by atoms with Gasteiger partial charge in [-0.1, -0.05) is 51.5 Å². The molecule has 10 nitrogen and oxygen atoms in total. The van der Waals surface area contributed by atoms with Gasteiger partial charge in [-0.25, -0.2) is 9.67 Å². The Labute approximate surface area is 254 Å². The Hall–Kier alpha value is -3.38. The van der Waals surface area contributed by atoms with Crippen molar-refractivity contribution in [2.45, 2.75) is 98.1 Å². The molecule has 2 amide bonds. The smallest absolute Gasteiger partial charge is 0.254 e. The van der Waals surface area contributed by atoms with Gasteiger partial charge in [-0.3, -0.25) is 9.59 Å². The summed E-state index contributed by atoms with van der Waals surface area (Å²) in [6.45, 7) is 15.6. The van der Waals surface area contributed by atoms with Gasteiger partial charge in [0.1, 0.15) is 24.0 Å². The summed E-state index contributed by atoms with van der Waals surface area (Å²) in [6, 6.07) is 4.22. The van der Waals surface area contributed by atoms with E-state index in [4.69, 9.17) is 15.0 Å². The van der Waals surface area contributed by atoms with Crippen LogP contribution in [0.5, 0.6) is 0 Å². The predicted molar refractivity (Wildman–Crippen MR) is 166 cm³/mol. The van der Waals surface area contributed by atoms with E-state index in [9.17, 15) is 9.59 Å². The molecule has 1 aliphatic carbocycles. The van der Waals surface area contributed by atoms with Crippen molar-refractivity contribution >= 4 is 25.7 Å². The lowest BCUT2D eigenvalue weighted by Gasteiger charge is -2.31. The molecule has 12 heteroatoms. The van der Waals surface area contributed by atoms with E-state index in [1.807, 2.05) is 20.8 Å². The average Bonchev–Trinajstić information content (AvgIpc) is 3.48. The summed E-state index contributed by atoms with van der Waals surface area (Å²) in [5, 5.41) is 11.4. The Morgan fingerprint density at radius 2 is 1.91 bits per heavy atom. The minimum atomic E-state index is -1.21. The number of primary amides is 1. The second kappa shape index (κ2) is 13.5. The molecule has 234 valence electrons. The Morgan fingerprint density at radius 3 is 2.51 bits per heavy atom. The van der Waals surface area contributed by atoms with Crippen LogP contribution in [0.1, 0.15) is 78.6 Å². The van der Waals surface area contributed by atoms with Gasteiger partial charge < -0.3 is 20.3 Å². The van der Waals surface area contributed by atoms with E-state index in [1.165, 1.54) is 0 Å². The summed E-state index contributed by atoms with van der Waals surface area (Å²) in [5.74, 6) is -1.95. The zero-order valence-electron chi connectivity index (χ0n) is 26.4. The van der Waals surface area contributed by atoms with Crippen LogP contribution >= 0.6 is 0 Å². The number of pyridine rings is 1. The molecule has 0 bridgehead atoms. The molecule has 1 fully saturated rings. The number of ether oxygens (including phenoxy) is 1. The van der Waals surface area contributed by atoms with Gasteiger partial charge >= 0.3 is 0 Å². The highest BCUT2D eigenvalue weighted by Crippen LogP contribution is 2.40. The van der Waals surface area contributed by atoms with Crippen LogP contribution in [0.15, 0.2) is 16.7 Å². The number of anilines is 1. The zero-order chi connectivity index (χ0) is 31.5. The molecule has 0 aliphatic heterocycles. The first kappa shape index (κ1) is 32.5. The van der Waals surface area contributed by atoms with Crippen LogP contribution in [-0.2, 0) is 22.7 Å². The molecule has 1 unspecified atom stereocenters. The lowest BCUT2D eigenvalue weighted by atomic mass is 9.74. The van der Waals surface area contributed by atoms with Gasteiger partial charge in [-0.05, 0) is 63.1 Å². The highest BCUT2D eigenvalue weighted by Gasteiger charge is 2.39. The van der Waals surface area contributed by atoms with Crippen LogP contribution < -0.4 is 11.1 Å². The Morgan fingerprint density at radius 1 is 1.21 bits per heavy atom. The molecular formula is C31H45FN6O4Si. The number of nitrogens with two attached hydrogens (primary N) is 1.